The van der Waals surface area contributed by atoms with Gasteiger partial charge < -0.3 is 15.4 Å². The van der Waals surface area contributed by atoms with E-state index in [-0.39, 0.29) is 35.4 Å². The number of urea groups is 1. The van der Waals surface area contributed by atoms with E-state index in [0.29, 0.717) is 16.1 Å². The van der Waals surface area contributed by atoms with Gasteiger partial charge in [0, 0.05) is 6.20 Å². The first-order valence-electron chi connectivity index (χ1n) is 8.71. The van der Waals surface area contributed by atoms with E-state index in [1.54, 1.807) is 19.1 Å². The van der Waals surface area contributed by atoms with Crippen molar-refractivity contribution >= 4 is 52.8 Å². The van der Waals surface area contributed by atoms with Crippen molar-refractivity contribution in [3.63, 3.8) is 0 Å². The smallest absolute Gasteiger partial charge is 0.338 e. The van der Waals surface area contributed by atoms with Crippen LogP contribution >= 0.6 is 23.2 Å². The number of carbonyl (C=O) groups excluding carboxylic acids is 4. The SMILES string of the molecule is Cc1c(Cl)cnc(NC(=O)COC(=O)c2cccc(CN3C(=O)CNC3=O)c2)c1Cl. The molecule has 9 nitrogen and oxygen atoms in total. The van der Waals surface area contributed by atoms with Crippen LogP contribution in [0.1, 0.15) is 21.5 Å². The van der Waals surface area contributed by atoms with Gasteiger partial charge in [-0.2, -0.15) is 0 Å². The lowest BCUT2D eigenvalue weighted by molar-refractivity contribution is -0.125. The molecular formula is C19H16Cl2N4O5. The summed E-state index contributed by atoms with van der Waals surface area (Å²) in [5, 5.41) is 5.42. The molecule has 1 fully saturated rings. The van der Waals surface area contributed by atoms with E-state index in [2.05, 4.69) is 15.6 Å². The van der Waals surface area contributed by atoms with Gasteiger partial charge in [-0.25, -0.2) is 14.6 Å². The lowest BCUT2D eigenvalue weighted by Crippen LogP contribution is -2.30. The van der Waals surface area contributed by atoms with Crippen LogP contribution in [0.25, 0.3) is 0 Å². The molecule has 2 N–H and O–H groups in total. The molecule has 0 aliphatic carbocycles. The number of benzene rings is 1. The van der Waals surface area contributed by atoms with Crippen molar-refractivity contribution in [1.82, 2.24) is 15.2 Å². The number of esters is 1. The highest BCUT2D eigenvalue weighted by Crippen LogP contribution is 2.28. The molecule has 3 rings (SSSR count). The molecule has 1 aliphatic rings. The molecule has 0 bridgehead atoms. The number of nitrogens with zero attached hydrogens (tertiary/aromatic N) is 2. The average molecular weight is 451 g/mol. The molecule has 30 heavy (non-hydrogen) atoms. The van der Waals surface area contributed by atoms with E-state index < -0.39 is 24.5 Å². The van der Waals surface area contributed by atoms with Gasteiger partial charge in [0.1, 0.15) is 0 Å². The topological polar surface area (TPSA) is 118 Å². The van der Waals surface area contributed by atoms with Crippen LogP contribution in [0.5, 0.6) is 0 Å². The van der Waals surface area contributed by atoms with Crippen molar-refractivity contribution in [3.8, 4) is 0 Å². The zero-order chi connectivity index (χ0) is 21.8. The van der Waals surface area contributed by atoms with Gasteiger partial charge in [-0.15, -0.1) is 0 Å². The molecule has 156 valence electrons. The summed E-state index contributed by atoms with van der Waals surface area (Å²) in [6.07, 6.45) is 1.35. The van der Waals surface area contributed by atoms with Gasteiger partial charge in [0.15, 0.2) is 12.4 Å². The molecule has 1 aromatic carbocycles. The summed E-state index contributed by atoms with van der Waals surface area (Å²) < 4.78 is 5.02. The number of aromatic nitrogens is 1. The van der Waals surface area contributed by atoms with Gasteiger partial charge in [0.05, 0.1) is 28.7 Å². The maximum absolute atomic E-state index is 12.3. The summed E-state index contributed by atoms with van der Waals surface area (Å²) in [6.45, 7) is 1.08. The van der Waals surface area contributed by atoms with E-state index in [1.165, 1.54) is 18.3 Å². The minimum absolute atomic E-state index is 0.0202. The normalized spacial score (nSPS) is 13.2. The van der Waals surface area contributed by atoms with Crippen LogP contribution in [-0.4, -0.2) is 46.9 Å². The van der Waals surface area contributed by atoms with E-state index in [1.807, 2.05) is 0 Å². The second-order valence-electron chi connectivity index (χ2n) is 6.36. The van der Waals surface area contributed by atoms with Crippen LogP contribution in [0.4, 0.5) is 10.6 Å². The number of hydrogen-bond acceptors (Lipinski definition) is 6. The Hall–Kier alpha value is -3.17. The number of rotatable bonds is 6. The molecule has 0 unspecified atom stereocenters. The van der Waals surface area contributed by atoms with E-state index in [9.17, 15) is 19.2 Å². The quantitative estimate of drug-likeness (QED) is 0.515. The van der Waals surface area contributed by atoms with Crippen LogP contribution in [0, 0.1) is 6.92 Å². The Morgan fingerprint density at radius 1 is 1.30 bits per heavy atom. The number of amides is 4. The number of ether oxygens (including phenoxy) is 1. The number of halogens is 2. The van der Waals surface area contributed by atoms with Crippen molar-refractivity contribution in [2.75, 3.05) is 18.5 Å². The Kier molecular flexibility index (Phi) is 6.53. The number of hydrogen-bond donors (Lipinski definition) is 2. The molecule has 11 heteroatoms. The van der Waals surface area contributed by atoms with Gasteiger partial charge >= 0.3 is 12.0 Å². The molecule has 2 aromatic rings. The fourth-order valence-electron chi connectivity index (χ4n) is 2.62. The zero-order valence-electron chi connectivity index (χ0n) is 15.7. The van der Waals surface area contributed by atoms with Gasteiger partial charge in [-0.05, 0) is 30.2 Å². The highest BCUT2D eigenvalue weighted by molar-refractivity contribution is 6.37. The first-order chi connectivity index (χ1) is 14.3. The van der Waals surface area contributed by atoms with E-state index in [4.69, 9.17) is 27.9 Å². The summed E-state index contributed by atoms with van der Waals surface area (Å²) >= 11 is 12.0. The molecule has 1 aliphatic heterocycles. The molecule has 0 atom stereocenters. The van der Waals surface area contributed by atoms with Crippen LogP contribution < -0.4 is 10.6 Å². The summed E-state index contributed by atoms with van der Waals surface area (Å²) in [5.41, 5.74) is 1.29. The van der Waals surface area contributed by atoms with Gasteiger partial charge in [0.25, 0.3) is 5.91 Å². The Balaban J connectivity index is 1.58. The maximum Gasteiger partial charge on any atom is 0.338 e. The molecule has 2 heterocycles. The first-order valence-corrected chi connectivity index (χ1v) is 9.46. The summed E-state index contributed by atoms with van der Waals surface area (Å²) in [6, 6.07) is 5.74. The minimum Gasteiger partial charge on any atom is -0.452 e. The predicted molar refractivity (Wildman–Crippen MR) is 108 cm³/mol. The Morgan fingerprint density at radius 3 is 2.77 bits per heavy atom. The van der Waals surface area contributed by atoms with Crippen molar-refractivity contribution in [1.29, 1.82) is 0 Å². The van der Waals surface area contributed by atoms with Crippen LogP contribution in [-0.2, 0) is 20.9 Å². The van der Waals surface area contributed by atoms with Crippen LogP contribution in [0.3, 0.4) is 0 Å². The Morgan fingerprint density at radius 2 is 2.07 bits per heavy atom. The number of anilines is 1. The van der Waals surface area contributed by atoms with Crippen molar-refractivity contribution < 1.29 is 23.9 Å². The largest absolute Gasteiger partial charge is 0.452 e. The van der Waals surface area contributed by atoms with Crippen LogP contribution in [0.2, 0.25) is 10.0 Å². The average Bonchev–Trinajstić information content (AvgIpc) is 3.04. The summed E-state index contributed by atoms with van der Waals surface area (Å²) in [7, 11) is 0. The molecular weight excluding hydrogens is 435 g/mol. The third-order valence-corrected chi connectivity index (χ3v) is 5.08. The molecule has 1 aromatic heterocycles. The summed E-state index contributed by atoms with van der Waals surface area (Å²) in [5.74, 6) is -1.62. The van der Waals surface area contributed by atoms with Crippen molar-refractivity contribution in [2.24, 2.45) is 0 Å². The number of pyridine rings is 1. The van der Waals surface area contributed by atoms with Crippen molar-refractivity contribution in [3.05, 3.63) is 57.2 Å². The molecule has 0 saturated carbocycles. The van der Waals surface area contributed by atoms with E-state index >= 15 is 0 Å². The standard InChI is InChI=1S/C19H16Cl2N4O5/c1-10-13(20)6-22-17(16(10)21)24-14(26)9-30-18(28)12-4-2-3-11(5-12)8-25-15(27)7-23-19(25)29/h2-6H,7-9H2,1H3,(H,23,29)(H,22,24,26). The van der Waals surface area contributed by atoms with Gasteiger partial charge in [-0.3, -0.25) is 14.5 Å². The second-order valence-corrected chi connectivity index (χ2v) is 7.14. The van der Waals surface area contributed by atoms with Gasteiger partial charge in [-0.1, -0.05) is 35.3 Å². The Bertz CT molecular complexity index is 1030. The predicted octanol–water partition coefficient (Wildman–Crippen LogP) is 2.54. The molecule has 4 amide bonds. The maximum atomic E-state index is 12.3. The fraction of sp³-hybridized carbons (Fsp3) is 0.211. The molecule has 0 spiro atoms. The van der Waals surface area contributed by atoms with Gasteiger partial charge in [0.2, 0.25) is 5.91 Å². The molecule has 0 radical (unpaired) electrons. The highest BCUT2D eigenvalue weighted by atomic mass is 35.5. The third-order valence-electron chi connectivity index (χ3n) is 4.23. The van der Waals surface area contributed by atoms with Crippen LogP contribution in [0.15, 0.2) is 30.5 Å². The lowest BCUT2D eigenvalue weighted by Gasteiger charge is -2.13. The zero-order valence-corrected chi connectivity index (χ0v) is 17.2. The monoisotopic (exact) mass is 450 g/mol. The number of imide groups is 1. The number of carbonyl (C=O) groups is 4. The first kappa shape index (κ1) is 21.5. The second kappa shape index (κ2) is 9.10. The number of nitrogens with one attached hydrogen (secondary N) is 2. The fourth-order valence-corrected chi connectivity index (χ4v) is 3.01. The highest BCUT2D eigenvalue weighted by Gasteiger charge is 2.28. The lowest BCUT2D eigenvalue weighted by atomic mass is 10.1. The van der Waals surface area contributed by atoms with Crippen molar-refractivity contribution in [2.45, 2.75) is 13.5 Å². The Labute approximate surface area is 181 Å². The molecule has 1 saturated heterocycles. The minimum atomic E-state index is -0.740. The third kappa shape index (κ3) is 4.87. The summed E-state index contributed by atoms with van der Waals surface area (Å²) in [4.78, 5) is 52.6. The van der Waals surface area contributed by atoms with E-state index in [0.717, 1.165) is 4.90 Å².